The number of rotatable bonds is 5. The first-order chi connectivity index (χ1) is 13.0. The van der Waals surface area contributed by atoms with Gasteiger partial charge in [0.25, 0.3) is 0 Å². The van der Waals surface area contributed by atoms with Gasteiger partial charge in [0, 0.05) is 19.8 Å². The molecule has 0 bridgehead atoms. The fraction of sp³-hybridized carbons (Fsp3) is 0.286. The highest BCUT2D eigenvalue weighted by molar-refractivity contribution is 5.90. The third-order valence-electron chi connectivity index (χ3n) is 4.82. The third-order valence-corrected chi connectivity index (χ3v) is 4.82. The van der Waals surface area contributed by atoms with Crippen LogP contribution >= 0.6 is 0 Å². The molecule has 1 aliphatic heterocycles. The van der Waals surface area contributed by atoms with Crippen molar-refractivity contribution in [2.45, 2.75) is 25.6 Å². The van der Waals surface area contributed by atoms with Crippen LogP contribution in [0.5, 0.6) is 0 Å². The van der Waals surface area contributed by atoms with Gasteiger partial charge in [-0.15, -0.1) is 0 Å². The Labute approximate surface area is 158 Å². The number of ketones is 1. The number of para-hydroxylation sites is 2. The van der Waals surface area contributed by atoms with Gasteiger partial charge in [-0.1, -0.05) is 24.3 Å². The highest BCUT2D eigenvalue weighted by atomic mass is 16.5. The first-order valence-electron chi connectivity index (χ1n) is 8.94. The highest BCUT2D eigenvalue weighted by Crippen LogP contribution is 2.31. The average molecular weight is 362 g/mol. The molecular formula is C21H22N4O2. The van der Waals surface area contributed by atoms with E-state index in [0.717, 1.165) is 22.3 Å². The first kappa shape index (κ1) is 17.3. The van der Waals surface area contributed by atoms with Crippen LogP contribution in [0.3, 0.4) is 0 Å². The lowest BCUT2D eigenvalue weighted by Crippen LogP contribution is -2.21. The summed E-state index contributed by atoms with van der Waals surface area (Å²) >= 11 is 0. The lowest BCUT2D eigenvalue weighted by Gasteiger charge is -2.18. The quantitative estimate of drug-likeness (QED) is 0.699. The zero-order chi connectivity index (χ0) is 19.0. The van der Waals surface area contributed by atoms with Crippen LogP contribution in [0.2, 0.25) is 0 Å². The van der Waals surface area contributed by atoms with Gasteiger partial charge in [-0.2, -0.15) is 0 Å². The van der Waals surface area contributed by atoms with Gasteiger partial charge in [0.2, 0.25) is 5.90 Å². The predicted molar refractivity (Wildman–Crippen MR) is 106 cm³/mol. The van der Waals surface area contributed by atoms with Crippen LogP contribution in [0.25, 0.3) is 11.0 Å². The number of Topliss-reactive ketones (excluding diaryl/α,β-unsaturated/α-hetero) is 1. The van der Waals surface area contributed by atoms with Gasteiger partial charge in [-0.05, 0) is 36.8 Å². The molecule has 0 saturated heterocycles. The predicted octanol–water partition coefficient (Wildman–Crippen LogP) is 3.23. The number of nitrogens with zero attached hydrogens (tertiary/aromatic N) is 4. The topological polar surface area (TPSA) is 59.7 Å². The lowest BCUT2D eigenvalue weighted by molar-refractivity contribution is -0.119. The molecule has 0 saturated carbocycles. The monoisotopic (exact) mass is 362 g/mol. The van der Waals surface area contributed by atoms with E-state index in [9.17, 15) is 4.79 Å². The fourth-order valence-electron chi connectivity index (χ4n) is 3.34. The molecule has 2 unspecified atom stereocenters. The lowest BCUT2D eigenvalue weighted by atomic mass is 10.00. The van der Waals surface area contributed by atoms with E-state index >= 15 is 0 Å². The van der Waals surface area contributed by atoms with E-state index < -0.39 is 6.04 Å². The largest absolute Gasteiger partial charge is 0.469 e. The van der Waals surface area contributed by atoms with Crippen LogP contribution in [0, 0.1) is 0 Å². The standard InChI is InChI=1S/C21H22N4O2/c1-14(26)20-21(15-8-10-16(11-9-15)24(2)3)27-19(23-20)12-25-13-22-17-6-4-5-7-18(17)25/h4-11,13,20-21H,12H2,1-3H3. The summed E-state index contributed by atoms with van der Waals surface area (Å²) in [5, 5.41) is 0. The van der Waals surface area contributed by atoms with Crippen LogP contribution in [-0.2, 0) is 16.1 Å². The van der Waals surface area contributed by atoms with Crippen molar-refractivity contribution < 1.29 is 9.53 Å². The number of imidazole rings is 1. The Hall–Kier alpha value is -3.15. The molecule has 0 amide bonds. The minimum Gasteiger partial charge on any atom is -0.469 e. The molecule has 0 fully saturated rings. The van der Waals surface area contributed by atoms with E-state index in [0.29, 0.717) is 12.4 Å². The molecule has 3 aromatic rings. The van der Waals surface area contributed by atoms with E-state index in [1.807, 2.05) is 72.1 Å². The molecule has 2 aromatic carbocycles. The number of anilines is 1. The molecule has 2 heterocycles. The summed E-state index contributed by atoms with van der Waals surface area (Å²) in [5.41, 5.74) is 3.99. The van der Waals surface area contributed by atoms with Crippen LogP contribution in [0.1, 0.15) is 18.6 Å². The molecule has 138 valence electrons. The molecule has 0 N–H and O–H groups in total. The van der Waals surface area contributed by atoms with Gasteiger partial charge in [0.15, 0.2) is 17.9 Å². The number of hydrogen-bond donors (Lipinski definition) is 0. The second kappa shape index (κ2) is 6.87. The zero-order valence-corrected chi connectivity index (χ0v) is 15.7. The summed E-state index contributed by atoms with van der Waals surface area (Å²) in [6, 6.07) is 15.5. The smallest absolute Gasteiger partial charge is 0.205 e. The summed E-state index contributed by atoms with van der Waals surface area (Å²) in [6.45, 7) is 2.02. The number of carbonyl (C=O) groups excluding carboxylic acids is 1. The number of benzene rings is 2. The van der Waals surface area contributed by atoms with Gasteiger partial charge >= 0.3 is 0 Å². The van der Waals surface area contributed by atoms with Crippen molar-refractivity contribution in [1.29, 1.82) is 0 Å². The van der Waals surface area contributed by atoms with Crippen LogP contribution in [0.15, 0.2) is 59.9 Å². The van der Waals surface area contributed by atoms with Crippen molar-refractivity contribution in [2.24, 2.45) is 4.99 Å². The maximum absolute atomic E-state index is 12.2. The van der Waals surface area contributed by atoms with Crippen molar-refractivity contribution in [2.75, 3.05) is 19.0 Å². The minimum absolute atomic E-state index is 0.00201. The first-order valence-corrected chi connectivity index (χ1v) is 8.94. The SMILES string of the molecule is CC(=O)C1N=C(Cn2cnc3ccccc32)OC1c1ccc(N(C)C)cc1. The summed E-state index contributed by atoms with van der Waals surface area (Å²) in [7, 11) is 3.99. The van der Waals surface area contributed by atoms with Crippen LogP contribution in [0.4, 0.5) is 5.69 Å². The molecule has 0 aliphatic carbocycles. The maximum atomic E-state index is 12.2. The molecular weight excluding hydrogens is 340 g/mol. The summed E-state index contributed by atoms with van der Waals surface area (Å²) in [6.07, 6.45) is 1.39. The number of carbonyl (C=O) groups is 1. The Kier molecular flexibility index (Phi) is 4.39. The van der Waals surface area contributed by atoms with E-state index in [1.54, 1.807) is 13.3 Å². The number of fused-ring (bicyclic) bond motifs is 1. The molecule has 1 aromatic heterocycles. The number of aromatic nitrogens is 2. The minimum atomic E-state index is -0.514. The van der Waals surface area contributed by atoms with Crippen molar-refractivity contribution in [3.05, 3.63) is 60.4 Å². The number of ether oxygens (including phenoxy) is 1. The average Bonchev–Trinajstić information content (AvgIpc) is 3.27. The molecule has 27 heavy (non-hydrogen) atoms. The van der Waals surface area contributed by atoms with Crippen molar-refractivity contribution in [3.8, 4) is 0 Å². The van der Waals surface area contributed by atoms with E-state index in [-0.39, 0.29) is 11.9 Å². The van der Waals surface area contributed by atoms with Crippen molar-refractivity contribution >= 4 is 28.4 Å². The Morgan fingerprint density at radius 2 is 1.89 bits per heavy atom. The molecule has 6 nitrogen and oxygen atoms in total. The summed E-state index contributed by atoms with van der Waals surface area (Å²) in [5.74, 6) is 0.558. The normalized spacial score (nSPS) is 19.0. The van der Waals surface area contributed by atoms with Crippen LogP contribution in [-0.4, -0.2) is 41.4 Å². The van der Waals surface area contributed by atoms with Crippen molar-refractivity contribution in [1.82, 2.24) is 9.55 Å². The molecule has 6 heteroatoms. The van der Waals surface area contributed by atoms with Crippen molar-refractivity contribution in [3.63, 3.8) is 0 Å². The Bertz CT molecular complexity index is 1000. The highest BCUT2D eigenvalue weighted by Gasteiger charge is 2.35. The fourth-order valence-corrected chi connectivity index (χ4v) is 3.34. The van der Waals surface area contributed by atoms with Gasteiger partial charge in [0.05, 0.1) is 23.9 Å². The van der Waals surface area contributed by atoms with Crippen LogP contribution < -0.4 is 4.90 Å². The second-order valence-corrected chi connectivity index (χ2v) is 6.96. The maximum Gasteiger partial charge on any atom is 0.205 e. The van der Waals surface area contributed by atoms with E-state index in [1.165, 1.54) is 0 Å². The second-order valence-electron chi connectivity index (χ2n) is 6.96. The number of hydrogen-bond acceptors (Lipinski definition) is 5. The van der Waals surface area contributed by atoms with Gasteiger partial charge in [-0.3, -0.25) is 4.79 Å². The molecule has 0 radical (unpaired) electrons. The third kappa shape index (κ3) is 3.30. The number of aliphatic imine (C=N–C) groups is 1. The van der Waals surface area contributed by atoms with Gasteiger partial charge in [-0.25, -0.2) is 9.98 Å². The molecule has 2 atom stereocenters. The van der Waals surface area contributed by atoms with Gasteiger partial charge < -0.3 is 14.2 Å². The van der Waals surface area contributed by atoms with Gasteiger partial charge in [0.1, 0.15) is 0 Å². The molecule has 4 rings (SSSR count). The van der Waals surface area contributed by atoms with E-state index in [2.05, 4.69) is 9.98 Å². The van der Waals surface area contributed by atoms with E-state index in [4.69, 9.17) is 4.74 Å². The Morgan fingerprint density at radius 1 is 1.15 bits per heavy atom. The summed E-state index contributed by atoms with van der Waals surface area (Å²) < 4.78 is 8.10. The summed E-state index contributed by atoms with van der Waals surface area (Å²) in [4.78, 5) is 23.2. The Morgan fingerprint density at radius 3 is 2.59 bits per heavy atom. The molecule has 0 spiro atoms. The zero-order valence-electron chi connectivity index (χ0n) is 15.7. The molecule has 1 aliphatic rings. The Balaban J connectivity index is 1.58.